The second-order valence-electron chi connectivity index (χ2n) is 7.22. The third kappa shape index (κ3) is 3.70. The van der Waals surface area contributed by atoms with Gasteiger partial charge in [0, 0.05) is 34.9 Å². The lowest BCUT2D eigenvalue weighted by atomic mass is 9.90. The standard InChI is InChI=1S/C20H20BrN3O4/c21-14-1-2-17-16(9-14)19(26)13(10-22)11-24(17)12-18(25)23-15-3-5-20(6-4-15)27-7-8-28-20/h1-2,9,11,15H,3-8,12H2,(H,23,25). The van der Waals surface area contributed by atoms with Crippen LogP contribution in [0.15, 0.2) is 33.7 Å². The zero-order chi connectivity index (χ0) is 19.7. The Kier molecular flexibility index (Phi) is 5.23. The molecule has 0 radical (unpaired) electrons. The fourth-order valence-corrected chi connectivity index (χ4v) is 4.36. The van der Waals surface area contributed by atoms with E-state index in [9.17, 15) is 14.9 Å². The normalized spacial score (nSPS) is 19.0. The zero-order valence-corrected chi connectivity index (χ0v) is 16.8. The molecular weight excluding hydrogens is 426 g/mol. The van der Waals surface area contributed by atoms with Crippen molar-refractivity contribution >= 4 is 32.7 Å². The van der Waals surface area contributed by atoms with Crippen molar-refractivity contribution in [3.05, 3.63) is 44.7 Å². The van der Waals surface area contributed by atoms with Gasteiger partial charge in [-0.1, -0.05) is 15.9 Å². The summed E-state index contributed by atoms with van der Waals surface area (Å²) in [5, 5.41) is 12.7. The molecule has 2 aromatic rings. The largest absolute Gasteiger partial charge is 0.352 e. The molecule has 0 unspecified atom stereocenters. The quantitative estimate of drug-likeness (QED) is 0.782. The highest BCUT2D eigenvalue weighted by molar-refractivity contribution is 9.10. The maximum absolute atomic E-state index is 12.6. The lowest BCUT2D eigenvalue weighted by molar-refractivity contribution is -0.180. The average Bonchev–Trinajstić information content (AvgIpc) is 3.14. The van der Waals surface area contributed by atoms with Gasteiger partial charge in [-0.2, -0.15) is 5.26 Å². The number of ether oxygens (including phenoxy) is 2. The number of aromatic nitrogens is 1. The number of nitrogens with zero attached hydrogens (tertiary/aromatic N) is 2. The van der Waals surface area contributed by atoms with E-state index in [1.165, 1.54) is 6.20 Å². The van der Waals surface area contributed by atoms with Crippen LogP contribution in [-0.2, 0) is 20.8 Å². The summed E-state index contributed by atoms with van der Waals surface area (Å²) in [4.78, 5) is 25.0. The van der Waals surface area contributed by atoms with E-state index < -0.39 is 5.79 Å². The first-order valence-electron chi connectivity index (χ1n) is 9.30. The molecule has 2 heterocycles. The maximum atomic E-state index is 12.6. The number of carbonyl (C=O) groups excluding carboxylic acids is 1. The molecule has 2 fully saturated rings. The van der Waals surface area contributed by atoms with E-state index in [0.29, 0.717) is 24.1 Å². The minimum absolute atomic E-state index is 0.0218. The molecule has 1 saturated carbocycles. The second kappa shape index (κ2) is 7.66. The average molecular weight is 446 g/mol. The van der Waals surface area contributed by atoms with E-state index >= 15 is 0 Å². The van der Waals surface area contributed by atoms with E-state index in [-0.39, 0.29) is 29.5 Å². The van der Waals surface area contributed by atoms with Gasteiger partial charge in [-0.25, -0.2) is 0 Å². The van der Waals surface area contributed by atoms with Gasteiger partial charge in [0.15, 0.2) is 5.79 Å². The fraction of sp³-hybridized carbons (Fsp3) is 0.450. The van der Waals surface area contributed by atoms with Gasteiger partial charge in [0.2, 0.25) is 11.3 Å². The Hall–Kier alpha value is -2.21. The molecule has 4 rings (SSSR count). The molecule has 1 aliphatic heterocycles. The topological polar surface area (TPSA) is 93.3 Å². The van der Waals surface area contributed by atoms with Crippen molar-refractivity contribution in [1.29, 1.82) is 5.26 Å². The molecule has 1 amide bonds. The van der Waals surface area contributed by atoms with E-state index in [2.05, 4.69) is 21.2 Å². The Morgan fingerprint density at radius 2 is 2.04 bits per heavy atom. The summed E-state index contributed by atoms with van der Waals surface area (Å²) < 4.78 is 13.8. The molecule has 1 aliphatic carbocycles. The predicted molar refractivity (Wildman–Crippen MR) is 106 cm³/mol. The third-order valence-electron chi connectivity index (χ3n) is 5.40. The monoisotopic (exact) mass is 445 g/mol. The van der Waals surface area contributed by atoms with Crippen molar-refractivity contribution in [2.75, 3.05) is 13.2 Å². The summed E-state index contributed by atoms with van der Waals surface area (Å²) in [7, 11) is 0. The lowest BCUT2D eigenvalue weighted by Crippen LogP contribution is -2.44. The molecule has 0 atom stereocenters. The minimum atomic E-state index is -0.453. The fourth-order valence-electron chi connectivity index (χ4n) is 4.00. The number of hydrogen-bond donors (Lipinski definition) is 1. The van der Waals surface area contributed by atoms with E-state index in [4.69, 9.17) is 9.47 Å². The van der Waals surface area contributed by atoms with Crippen LogP contribution in [0.5, 0.6) is 0 Å². The van der Waals surface area contributed by atoms with Gasteiger partial charge in [-0.05, 0) is 31.0 Å². The highest BCUT2D eigenvalue weighted by atomic mass is 79.9. The van der Waals surface area contributed by atoms with Gasteiger partial charge < -0.3 is 19.4 Å². The van der Waals surface area contributed by atoms with Crippen LogP contribution in [0.1, 0.15) is 31.2 Å². The van der Waals surface area contributed by atoms with Gasteiger partial charge >= 0.3 is 0 Å². The molecule has 7 nitrogen and oxygen atoms in total. The minimum Gasteiger partial charge on any atom is -0.352 e. The number of pyridine rings is 1. The predicted octanol–water partition coefficient (Wildman–Crippen LogP) is 2.44. The van der Waals surface area contributed by atoms with E-state index in [1.807, 2.05) is 12.1 Å². The first-order valence-corrected chi connectivity index (χ1v) is 10.1. The van der Waals surface area contributed by atoms with Crippen molar-refractivity contribution in [3.8, 4) is 6.07 Å². The molecule has 2 aliphatic rings. The van der Waals surface area contributed by atoms with Gasteiger partial charge in [-0.3, -0.25) is 9.59 Å². The Balaban J connectivity index is 1.49. The number of carbonyl (C=O) groups is 1. The number of hydrogen-bond acceptors (Lipinski definition) is 5. The van der Waals surface area contributed by atoms with Crippen LogP contribution in [0.2, 0.25) is 0 Å². The van der Waals surface area contributed by atoms with Gasteiger partial charge in [-0.15, -0.1) is 0 Å². The van der Waals surface area contributed by atoms with Crippen molar-refractivity contribution in [3.63, 3.8) is 0 Å². The molecule has 1 N–H and O–H groups in total. The van der Waals surface area contributed by atoms with Crippen molar-refractivity contribution in [1.82, 2.24) is 9.88 Å². The first-order chi connectivity index (χ1) is 13.5. The van der Waals surface area contributed by atoms with Crippen LogP contribution < -0.4 is 10.7 Å². The molecule has 1 aromatic heterocycles. The van der Waals surface area contributed by atoms with Gasteiger partial charge in [0.25, 0.3) is 0 Å². The summed E-state index contributed by atoms with van der Waals surface area (Å²) in [5.74, 6) is -0.600. The Bertz CT molecular complexity index is 1010. The molecule has 1 aromatic carbocycles. The molecule has 1 saturated heterocycles. The van der Waals surface area contributed by atoms with E-state index in [1.54, 1.807) is 16.7 Å². The van der Waals surface area contributed by atoms with Crippen LogP contribution in [0.3, 0.4) is 0 Å². The lowest BCUT2D eigenvalue weighted by Gasteiger charge is -2.35. The number of amides is 1. The second-order valence-corrected chi connectivity index (χ2v) is 8.14. The summed E-state index contributed by atoms with van der Waals surface area (Å²) in [6.07, 6.45) is 4.59. The van der Waals surface area contributed by atoms with Crippen LogP contribution in [0.4, 0.5) is 0 Å². The highest BCUT2D eigenvalue weighted by Crippen LogP contribution is 2.35. The molecule has 146 valence electrons. The molecular formula is C20H20BrN3O4. The zero-order valence-electron chi connectivity index (χ0n) is 15.2. The summed E-state index contributed by atoms with van der Waals surface area (Å²) >= 11 is 3.35. The van der Waals surface area contributed by atoms with E-state index in [0.717, 1.165) is 30.2 Å². The summed E-state index contributed by atoms with van der Waals surface area (Å²) in [5.41, 5.74) is 0.316. The van der Waals surface area contributed by atoms with Crippen LogP contribution in [0, 0.1) is 11.3 Å². The van der Waals surface area contributed by atoms with Crippen molar-refractivity contribution in [2.24, 2.45) is 0 Å². The van der Waals surface area contributed by atoms with Crippen LogP contribution in [0.25, 0.3) is 10.9 Å². The number of rotatable bonds is 3. The number of nitriles is 1. The molecule has 28 heavy (non-hydrogen) atoms. The number of nitrogens with one attached hydrogen (secondary N) is 1. The number of halogens is 1. The smallest absolute Gasteiger partial charge is 0.240 e. The Morgan fingerprint density at radius 1 is 1.32 bits per heavy atom. The Labute approximate surface area is 170 Å². The summed E-state index contributed by atoms with van der Waals surface area (Å²) in [6.45, 7) is 1.31. The van der Waals surface area contributed by atoms with Crippen molar-refractivity contribution < 1.29 is 14.3 Å². The molecule has 8 heteroatoms. The molecule has 0 bridgehead atoms. The maximum Gasteiger partial charge on any atom is 0.240 e. The third-order valence-corrected chi connectivity index (χ3v) is 5.90. The molecule has 1 spiro atoms. The van der Waals surface area contributed by atoms with Crippen LogP contribution in [-0.4, -0.2) is 35.5 Å². The summed E-state index contributed by atoms with van der Waals surface area (Å²) in [6, 6.07) is 7.25. The number of benzene rings is 1. The number of fused-ring (bicyclic) bond motifs is 1. The van der Waals surface area contributed by atoms with Gasteiger partial charge in [0.05, 0.1) is 18.7 Å². The SMILES string of the molecule is N#Cc1cn(CC(=O)NC2CCC3(CC2)OCCO3)c2ccc(Br)cc2c1=O. The van der Waals surface area contributed by atoms with Crippen LogP contribution >= 0.6 is 15.9 Å². The van der Waals surface area contributed by atoms with Crippen molar-refractivity contribution in [2.45, 2.75) is 44.1 Å². The Morgan fingerprint density at radius 3 is 2.71 bits per heavy atom. The first kappa shape index (κ1) is 19.1. The van der Waals surface area contributed by atoms with Gasteiger partial charge in [0.1, 0.15) is 18.2 Å². The highest BCUT2D eigenvalue weighted by Gasteiger charge is 2.40.